The molecule has 1 aliphatic heterocycles. The van der Waals surface area contributed by atoms with Gasteiger partial charge < -0.3 is 10.4 Å². The molecule has 3 aromatic rings. The van der Waals surface area contributed by atoms with Gasteiger partial charge >= 0.3 is 0 Å². The third kappa shape index (κ3) is 2.39. The molecule has 108 valence electrons. The number of aliphatic hydroxyl groups is 1. The molecule has 1 unspecified atom stereocenters. The summed E-state index contributed by atoms with van der Waals surface area (Å²) in [4.78, 5) is 2.41. The SMILES string of the molecule is OC(c1ccccc1)c1ccc2c(c1)Nc1ccccc1S2. The minimum atomic E-state index is -0.601. The molecule has 1 heterocycles. The van der Waals surface area contributed by atoms with Crippen molar-refractivity contribution in [1.29, 1.82) is 0 Å². The van der Waals surface area contributed by atoms with E-state index in [4.69, 9.17) is 0 Å². The van der Waals surface area contributed by atoms with Crippen LogP contribution >= 0.6 is 11.8 Å². The van der Waals surface area contributed by atoms with Crippen LogP contribution in [0, 0.1) is 0 Å². The average molecular weight is 305 g/mol. The first-order valence-corrected chi connectivity index (χ1v) is 8.04. The van der Waals surface area contributed by atoms with E-state index in [9.17, 15) is 5.11 Å². The van der Waals surface area contributed by atoms with Crippen molar-refractivity contribution in [3.8, 4) is 0 Å². The normalized spacial score (nSPS) is 13.7. The summed E-state index contributed by atoms with van der Waals surface area (Å²) in [5.74, 6) is 0. The summed E-state index contributed by atoms with van der Waals surface area (Å²) in [7, 11) is 0. The number of anilines is 2. The lowest BCUT2D eigenvalue weighted by Gasteiger charge is -2.22. The van der Waals surface area contributed by atoms with E-state index < -0.39 is 6.10 Å². The molecule has 4 rings (SSSR count). The van der Waals surface area contributed by atoms with E-state index in [2.05, 4.69) is 23.5 Å². The highest BCUT2D eigenvalue weighted by molar-refractivity contribution is 7.99. The Balaban J connectivity index is 1.69. The molecule has 2 nitrogen and oxygen atoms in total. The molecule has 3 heteroatoms. The maximum Gasteiger partial charge on any atom is 0.104 e. The van der Waals surface area contributed by atoms with Gasteiger partial charge in [-0.15, -0.1) is 0 Å². The standard InChI is InChI=1S/C19H15NOS/c21-19(13-6-2-1-3-7-13)14-10-11-18-16(12-14)20-15-8-4-5-9-17(15)22-18/h1-12,19-21H. The minimum absolute atomic E-state index is 0.601. The summed E-state index contributed by atoms with van der Waals surface area (Å²) in [6.45, 7) is 0. The van der Waals surface area contributed by atoms with Gasteiger partial charge in [0.1, 0.15) is 6.10 Å². The molecule has 22 heavy (non-hydrogen) atoms. The van der Waals surface area contributed by atoms with Crippen molar-refractivity contribution in [2.45, 2.75) is 15.9 Å². The highest BCUT2D eigenvalue weighted by atomic mass is 32.2. The first-order valence-electron chi connectivity index (χ1n) is 7.22. The van der Waals surface area contributed by atoms with Crippen LogP contribution in [0.1, 0.15) is 17.2 Å². The second-order valence-electron chi connectivity index (χ2n) is 5.29. The number of aliphatic hydroxyl groups excluding tert-OH is 1. The smallest absolute Gasteiger partial charge is 0.104 e. The van der Waals surface area contributed by atoms with Crippen molar-refractivity contribution in [3.63, 3.8) is 0 Å². The maximum absolute atomic E-state index is 10.6. The molecule has 2 N–H and O–H groups in total. The van der Waals surface area contributed by atoms with Gasteiger partial charge in [0.05, 0.1) is 11.4 Å². The van der Waals surface area contributed by atoms with E-state index >= 15 is 0 Å². The molecule has 3 aromatic carbocycles. The second-order valence-corrected chi connectivity index (χ2v) is 6.38. The second kappa shape index (κ2) is 5.52. The third-order valence-electron chi connectivity index (χ3n) is 3.81. The highest BCUT2D eigenvalue weighted by Crippen LogP contribution is 2.44. The highest BCUT2D eigenvalue weighted by Gasteiger charge is 2.17. The number of benzene rings is 3. The number of rotatable bonds is 2. The number of hydrogen-bond acceptors (Lipinski definition) is 3. The van der Waals surface area contributed by atoms with Gasteiger partial charge in [0.2, 0.25) is 0 Å². The van der Waals surface area contributed by atoms with Gasteiger partial charge in [0.25, 0.3) is 0 Å². The van der Waals surface area contributed by atoms with Gasteiger partial charge in [-0.25, -0.2) is 0 Å². The van der Waals surface area contributed by atoms with Crippen LogP contribution in [0.5, 0.6) is 0 Å². The predicted molar refractivity (Wildman–Crippen MR) is 90.8 cm³/mol. The van der Waals surface area contributed by atoms with Crippen LogP contribution in [0.25, 0.3) is 0 Å². The van der Waals surface area contributed by atoms with Crippen molar-refractivity contribution in [1.82, 2.24) is 0 Å². The molecule has 0 spiro atoms. The van der Waals surface area contributed by atoms with Crippen molar-refractivity contribution < 1.29 is 5.11 Å². The maximum atomic E-state index is 10.6. The van der Waals surface area contributed by atoms with Gasteiger partial charge in [0, 0.05) is 9.79 Å². The summed E-state index contributed by atoms with van der Waals surface area (Å²) >= 11 is 1.75. The van der Waals surface area contributed by atoms with Crippen LogP contribution in [0.15, 0.2) is 82.6 Å². The van der Waals surface area contributed by atoms with Crippen molar-refractivity contribution in [2.75, 3.05) is 5.32 Å². The molecule has 0 fully saturated rings. The predicted octanol–water partition coefficient (Wildman–Crippen LogP) is 4.98. The summed E-state index contributed by atoms with van der Waals surface area (Å²) in [6.07, 6.45) is -0.601. The van der Waals surface area contributed by atoms with E-state index in [1.165, 1.54) is 9.79 Å². The van der Waals surface area contributed by atoms with Crippen molar-refractivity contribution >= 4 is 23.1 Å². The van der Waals surface area contributed by atoms with Crippen LogP contribution in [0.2, 0.25) is 0 Å². The first-order chi connectivity index (χ1) is 10.8. The minimum Gasteiger partial charge on any atom is -0.384 e. The van der Waals surface area contributed by atoms with Crippen LogP contribution in [0.3, 0.4) is 0 Å². The Bertz CT molecular complexity index is 817. The quantitative estimate of drug-likeness (QED) is 0.548. The fourth-order valence-corrected chi connectivity index (χ4v) is 3.62. The molecule has 0 saturated carbocycles. The van der Waals surface area contributed by atoms with Crippen molar-refractivity contribution in [3.05, 3.63) is 83.9 Å². The zero-order valence-corrected chi connectivity index (χ0v) is 12.7. The van der Waals surface area contributed by atoms with E-state index in [-0.39, 0.29) is 0 Å². The molecular weight excluding hydrogens is 290 g/mol. The Kier molecular flexibility index (Phi) is 3.37. The molecule has 1 aliphatic rings. The molecular formula is C19H15NOS. The van der Waals surface area contributed by atoms with Crippen LogP contribution in [-0.2, 0) is 0 Å². The molecule has 0 radical (unpaired) electrons. The Labute approximate surface area is 133 Å². The Morgan fingerprint density at radius 1 is 0.727 bits per heavy atom. The summed E-state index contributed by atoms with van der Waals surface area (Å²) in [6, 6.07) is 24.1. The molecule has 0 bridgehead atoms. The van der Waals surface area contributed by atoms with Gasteiger partial charge in [0.15, 0.2) is 0 Å². The Hall–Kier alpha value is -2.23. The number of hydrogen-bond donors (Lipinski definition) is 2. The average Bonchev–Trinajstić information content (AvgIpc) is 2.59. The lowest BCUT2D eigenvalue weighted by atomic mass is 10.0. The van der Waals surface area contributed by atoms with Gasteiger partial charge in [-0.05, 0) is 35.4 Å². The van der Waals surface area contributed by atoms with Crippen molar-refractivity contribution in [2.24, 2.45) is 0 Å². The van der Waals surface area contributed by atoms with E-state index in [0.717, 1.165) is 22.5 Å². The lowest BCUT2D eigenvalue weighted by Crippen LogP contribution is -2.03. The molecule has 1 atom stereocenters. The van der Waals surface area contributed by atoms with Crippen LogP contribution in [-0.4, -0.2) is 5.11 Å². The molecule has 0 aliphatic carbocycles. The Morgan fingerprint density at radius 2 is 1.45 bits per heavy atom. The van der Waals surface area contributed by atoms with E-state index in [1.807, 2.05) is 54.6 Å². The number of fused-ring (bicyclic) bond motifs is 2. The largest absolute Gasteiger partial charge is 0.384 e. The zero-order valence-electron chi connectivity index (χ0n) is 11.9. The molecule has 0 saturated heterocycles. The van der Waals surface area contributed by atoms with Crippen LogP contribution < -0.4 is 5.32 Å². The topological polar surface area (TPSA) is 32.3 Å². The van der Waals surface area contributed by atoms with E-state index in [1.54, 1.807) is 11.8 Å². The monoisotopic (exact) mass is 305 g/mol. The van der Waals surface area contributed by atoms with Gasteiger partial charge in [-0.2, -0.15) is 0 Å². The van der Waals surface area contributed by atoms with Gasteiger partial charge in [-0.3, -0.25) is 0 Å². The number of nitrogens with one attached hydrogen (secondary N) is 1. The van der Waals surface area contributed by atoms with Crippen LogP contribution in [0.4, 0.5) is 11.4 Å². The van der Waals surface area contributed by atoms with Gasteiger partial charge in [-0.1, -0.05) is 60.3 Å². The fourth-order valence-electron chi connectivity index (χ4n) is 2.65. The number of para-hydroxylation sites is 1. The summed E-state index contributed by atoms with van der Waals surface area (Å²) < 4.78 is 0. The third-order valence-corrected chi connectivity index (χ3v) is 4.96. The summed E-state index contributed by atoms with van der Waals surface area (Å²) in [5, 5.41) is 14.0. The molecule has 0 amide bonds. The fraction of sp³-hybridized carbons (Fsp3) is 0.0526. The Morgan fingerprint density at radius 3 is 2.32 bits per heavy atom. The van der Waals surface area contributed by atoms with E-state index in [0.29, 0.717) is 0 Å². The molecule has 0 aromatic heterocycles. The zero-order chi connectivity index (χ0) is 14.9. The lowest BCUT2D eigenvalue weighted by molar-refractivity contribution is 0.220. The first kappa shape index (κ1) is 13.4. The summed E-state index contributed by atoms with van der Waals surface area (Å²) in [5.41, 5.74) is 3.98.